The zero-order valence-corrected chi connectivity index (χ0v) is 12.8. The second-order valence-electron chi connectivity index (χ2n) is 5.69. The van der Waals surface area contributed by atoms with Crippen LogP contribution in [0.1, 0.15) is 48.8 Å². The van der Waals surface area contributed by atoms with Crippen molar-refractivity contribution in [3.63, 3.8) is 0 Å². The summed E-state index contributed by atoms with van der Waals surface area (Å²) in [4.78, 5) is 26.6. The van der Waals surface area contributed by atoms with Crippen LogP contribution in [-0.4, -0.2) is 28.1 Å². The lowest BCUT2D eigenvalue weighted by atomic mass is 9.88. The summed E-state index contributed by atoms with van der Waals surface area (Å²) in [7, 11) is 0. The Bertz CT molecular complexity index is 547. The third kappa shape index (κ3) is 3.70. The molecule has 5 nitrogen and oxygen atoms in total. The highest BCUT2D eigenvalue weighted by Gasteiger charge is 2.28. The van der Waals surface area contributed by atoms with E-state index in [1.165, 1.54) is 0 Å². The van der Waals surface area contributed by atoms with E-state index >= 15 is 0 Å². The van der Waals surface area contributed by atoms with Crippen LogP contribution in [0.5, 0.6) is 0 Å². The molecule has 0 aliphatic heterocycles. The van der Waals surface area contributed by atoms with Gasteiger partial charge in [0.05, 0.1) is 5.60 Å². The van der Waals surface area contributed by atoms with Gasteiger partial charge in [-0.3, -0.25) is 9.59 Å². The molecule has 1 heterocycles. The van der Waals surface area contributed by atoms with Crippen LogP contribution in [0.25, 0.3) is 0 Å². The third-order valence-electron chi connectivity index (χ3n) is 3.87. The van der Waals surface area contributed by atoms with Crippen molar-refractivity contribution in [3.05, 3.63) is 33.2 Å². The van der Waals surface area contributed by atoms with Gasteiger partial charge in [0, 0.05) is 12.2 Å². The Morgan fingerprint density at radius 3 is 2.60 bits per heavy atom. The monoisotopic (exact) mass is 280 g/mol. The summed E-state index contributed by atoms with van der Waals surface area (Å²) in [5.41, 5.74) is 0.0665. The molecule has 20 heavy (non-hydrogen) atoms. The van der Waals surface area contributed by atoms with Crippen molar-refractivity contribution >= 4 is 5.91 Å². The molecule has 0 saturated heterocycles. The average molecular weight is 280 g/mol. The Morgan fingerprint density at radius 2 is 2.10 bits per heavy atom. The Morgan fingerprint density at radius 1 is 1.50 bits per heavy atom. The molecule has 2 atom stereocenters. The Labute approximate surface area is 119 Å². The number of aryl methyl sites for hydroxylation is 2. The van der Waals surface area contributed by atoms with Crippen molar-refractivity contribution in [2.45, 2.75) is 46.6 Å². The summed E-state index contributed by atoms with van der Waals surface area (Å²) < 4.78 is 0. The fourth-order valence-corrected chi connectivity index (χ4v) is 2.10. The van der Waals surface area contributed by atoms with Gasteiger partial charge in [0.15, 0.2) is 0 Å². The molecule has 2 unspecified atom stereocenters. The number of aromatic nitrogens is 1. The summed E-state index contributed by atoms with van der Waals surface area (Å²) in [5.74, 6) is -0.396. The van der Waals surface area contributed by atoms with E-state index < -0.39 is 17.1 Å². The number of carbonyl (C=O) groups excluding carboxylic acids is 1. The van der Waals surface area contributed by atoms with Crippen molar-refractivity contribution in [2.75, 3.05) is 6.54 Å². The zero-order chi connectivity index (χ0) is 15.5. The molecule has 0 bridgehead atoms. The van der Waals surface area contributed by atoms with Crippen molar-refractivity contribution in [2.24, 2.45) is 5.92 Å². The lowest BCUT2D eigenvalue weighted by Gasteiger charge is -2.29. The van der Waals surface area contributed by atoms with E-state index in [-0.39, 0.29) is 18.0 Å². The van der Waals surface area contributed by atoms with Crippen LogP contribution in [-0.2, 0) is 0 Å². The molecule has 1 aromatic heterocycles. The van der Waals surface area contributed by atoms with Gasteiger partial charge in [-0.05, 0) is 38.3 Å². The van der Waals surface area contributed by atoms with E-state index in [4.69, 9.17) is 0 Å². The van der Waals surface area contributed by atoms with Gasteiger partial charge in [0.1, 0.15) is 5.56 Å². The van der Waals surface area contributed by atoms with Crippen LogP contribution in [0.3, 0.4) is 0 Å². The maximum Gasteiger partial charge on any atom is 0.261 e. The first kappa shape index (κ1) is 16.4. The highest BCUT2D eigenvalue weighted by atomic mass is 16.3. The van der Waals surface area contributed by atoms with Gasteiger partial charge in [-0.1, -0.05) is 20.3 Å². The van der Waals surface area contributed by atoms with Gasteiger partial charge in [-0.25, -0.2) is 0 Å². The fraction of sp³-hybridized carbons (Fsp3) is 0.600. The first-order valence-electron chi connectivity index (χ1n) is 6.90. The average Bonchev–Trinajstić information content (AvgIpc) is 2.34. The van der Waals surface area contributed by atoms with E-state index in [0.717, 1.165) is 12.1 Å². The Balaban J connectivity index is 2.86. The molecular weight excluding hydrogens is 256 g/mol. The molecule has 3 N–H and O–H groups in total. The second kappa shape index (κ2) is 6.22. The summed E-state index contributed by atoms with van der Waals surface area (Å²) in [5, 5.41) is 12.9. The molecule has 0 fully saturated rings. The van der Waals surface area contributed by atoms with Crippen LogP contribution >= 0.6 is 0 Å². The number of pyridine rings is 1. The van der Waals surface area contributed by atoms with Crippen LogP contribution in [0, 0.1) is 19.8 Å². The molecule has 1 aromatic rings. The zero-order valence-electron chi connectivity index (χ0n) is 12.8. The molecule has 0 aromatic carbocycles. The normalized spacial score (nSPS) is 15.5. The number of hydrogen-bond acceptors (Lipinski definition) is 3. The van der Waals surface area contributed by atoms with E-state index in [1.807, 2.05) is 13.8 Å². The molecule has 112 valence electrons. The highest BCUT2D eigenvalue weighted by Crippen LogP contribution is 2.19. The molecule has 0 aliphatic rings. The third-order valence-corrected chi connectivity index (χ3v) is 3.87. The molecule has 1 rings (SSSR count). The lowest BCUT2D eigenvalue weighted by Crippen LogP contribution is -2.46. The molecule has 1 amide bonds. The Hall–Kier alpha value is -1.62. The first-order chi connectivity index (χ1) is 9.19. The summed E-state index contributed by atoms with van der Waals surface area (Å²) in [6.07, 6.45) is 0.813. The number of nitrogens with one attached hydrogen (secondary N) is 2. The largest absolute Gasteiger partial charge is 0.388 e. The van der Waals surface area contributed by atoms with Crippen LogP contribution < -0.4 is 10.9 Å². The lowest BCUT2D eigenvalue weighted by molar-refractivity contribution is 0.00590. The van der Waals surface area contributed by atoms with Gasteiger partial charge in [-0.2, -0.15) is 0 Å². The SMILES string of the molecule is CCC(C)C(C)(O)CNC(=O)c1c(C)cc(C)[nH]c1=O. The molecule has 0 aliphatic carbocycles. The van der Waals surface area contributed by atoms with Crippen LogP contribution in [0.4, 0.5) is 0 Å². The van der Waals surface area contributed by atoms with Gasteiger partial charge >= 0.3 is 0 Å². The quantitative estimate of drug-likeness (QED) is 0.764. The van der Waals surface area contributed by atoms with Crippen LogP contribution in [0.15, 0.2) is 10.9 Å². The number of amides is 1. The number of hydrogen-bond donors (Lipinski definition) is 3. The topological polar surface area (TPSA) is 82.2 Å². The number of H-pyrrole nitrogens is 1. The number of carbonyl (C=O) groups is 1. The second-order valence-corrected chi connectivity index (χ2v) is 5.69. The maximum atomic E-state index is 12.1. The minimum atomic E-state index is -0.990. The van der Waals surface area contributed by atoms with Crippen molar-refractivity contribution < 1.29 is 9.90 Å². The van der Waals surface area contributed by atoms with Crippen molar-refractivity contribution in [3.8, 4) is 0 Å². The van der Waals surface area contributed by atoms with Gasteiger partial charge in [0.25, 0.3) is 11.5 Å². The minimum Gasteiger partial charge on any atom is -0.388 e. The fourth-order valence-electron chi connectivity index (χ4n) is 2.10. The molecular formula is C15H24N2O3. The van der Waals surface area contributed by atoms with Gasteiger partial charge < -0.3 is 15.4 Å². The molecule has 5 heteroatoms. The first-order valence-corrected chi connectivity index (χ1v) is 6.90. The van der Waals surface area contributed by atoms with Crippen molar-refractivity contribution in [1.82, 2.24) is 10.3 Å². The predicted octanol–water partition coefficient (Wildman–Crippen LogP) is 1.52. The summed E-state index contributed by atoms with van der Waals surface area (Å²) in [6, 6.07) is 1.75. The number of aliphatic hydroxyl groups is 1. The minimum absolute atomic E-state index is 0.0557. The molecule has 0 saturated carbocycles. The number of aromatic amines is 1. The smallest absolute Gasteiger partial charge is 0.261 e. The van der Waals surface area contributed by atoms with Crippen molar-refractivity contribution in [1.29, 1.82) is 0 Å². The predicted molar refractivity (Wildman–Crippen MR) is 78.9 cm³/mol. The molecule has 0 radical (unpaired) electrons. The van der Waals surface area contributed by atoms with Gasteiger partial charge in [0.2, 0.25) is 0 Å². The molecule has 0 spiro atoms. The summed E-state index contributed by atoms with van der Waals surface area (Å²) >= 11 is 0. The highest BCUT2D eigenvalue weighted by molar-refractivity contribution is 5.95. The standard InChI is InChI=1S/C15H24N2O3/c1-6-10(3)15(5,20)8-16-13(18)12-9(2)7-11(4)17-14(12)19/h7,10,20H,6,8H2,1-5H3,(H,16,18)(H,17,19). The Kier molecular flexibility index (Phi) is 5.11. The van der Waals surface area contributed by atoms with E-state index in [2.05, 4.69) is 10.3 Å². The maximum absolute atomic E-state index is 12.1. The number of rotatable bonds is 5. The van der Waals surface area contributed by atoms with Crippen LogP contribution in [0.2, 0.25) is 0 Å². The summed E-state index contributed by atoms with van der Waals surface area (Å²) in [6.45, 7) is 9.21. The van der Waals surface area contributed by atoms with E-state index in [0.29, 0.717) is 5.56 Å². The van der Waals surface area contributed by atoms with E-state index in [1.54, 1.807) is 26.8 Å². The van der Waals surface area contributed by atoms with E-state index in [9.17, 15) is 14.7 Å². The van der Waals surface area contributed by atoms with Gasteiger partial charge in [-0.15, -0.1) is 0 Å².